The van der Waals surface area contributed by atoms with Crippen LogP contribution >= 0.6 is 0 Å². The zero-order chi connectivity index (χ0) is 24.2. The molecular weight excluding hydrogens is 487 g/mol. The van der Waals surface area contributed by atoms with Gasteiger partial charge in [-0.3, -0.25) is 8.74 Å². The van der Waals surface area contributed by atoms with Gasteiger partial charge in [0.05, 0.1) is 16.4 Å². The van der Waals surface area contributed by atoms with Crippen LogP contribution in [0.1, 0.15) is 71.1 Å². The van der Waals surface area contributed by atoms with Gasteiger partial charge in [-0.15, -0.1) is 0 Å². The fourth-order valence-electron chi connectivity index (χ4n) is 3.32. The van der Waals surface area contributed by atoms with E-state index in [1.807, 2.05) is 0 Å². The monoisotopic (exact) mass is 522 g/mol. The van der Waals surface area contributed by atoms with Gasteiger partial charge in [0.1, 0.15) is 11.5 Å². The molecule has 0 atom stereocenters. The molecule has 2 rings (SSSR count). The Balaban J connectivity index is 0.00000578. The van der Waals surface area contributed by atoms with Gasteiger partial charge in [-0.05, 0) is 55.0 Å². The van der Waals surface area contributed by atoms with Gasteiger partial charge in [-0.1, -0.05) is 64.7 Å². The Hall–Kier alpha value is -0.940. The third kappa shape index (κ3) is 11.7. The van der Waals surface area contributed by atoms with Crippen LogP contribution in [0.3, 0.4) is 0 Å². The predicted octanol–water partition coefficient (Wildman–Crippen LogP) is 5.70. The molecule has 0 radical (unpaired) electrons. The molecule has 34 heavy (non-hydrogen) atoms. The van der Waals surface area contributed by atoms with E-state index in [4.69, 9.17) is 13.5 Å². The molecule has 0 saturated heterocycles. The molecule has 0 aliphatic rings. The van der Waals surface area contributed by atoms with Crippen LogP contribution in [0.25, 0.3) is 0 Å². The summed E-state index contributed by atoms with van der Waals surface area (Å²) in [7, 11) is -8.10. The van der Waals surface area contributed by atoms with E-state index in [0.717, 1.165) is 12.8 Å². The fraction of sp³-hybridized carbons (Fsp3) is 0.500. The topological polar surface area (TPSA) is 107 Å². The van der Waals surface area contributed by atoms with E-state index in [2.05, 4.69) is 6.92 Å². The zero-order valence-electron chi connectivity index (χ0n) is 19.1. The molecule has 0 aliphatic heterocycles. The van der Waals surface area contributed by atoms with Gasteiger partial charge in [0.15, 0.2) is 0 Å². The first-order valence-electron chi connectivity index (χ1n) is 11.5. The van der Waals surface area contributed by atoms with Crippen molar-refractivity contribution in [3.8, 4) is 11.5 Å². The minimum absolute atomic E-state index is 0. The number of rotatable bonds is 16. The SMILES string of the molecule is CCCCCCCCCCCCOS(=O)(=O)c1ccc(Oc2ccc(S(=O)(=O)O)cc2)cc1.[NaH]. The van der Waals surface area contributed by atoms with Crippen LogP contribution in [0.15, 0.2) is 58.3 Å². The fourth-order valence-corrected chi connectivity index (χ4v) is 4.74. The van der Waals surface area contributed by atoms with Crippen molar-refractivity contribution >= 4 is 49.8 Å². The Bertz CT molecular complexity index is 1040. The quantitative estimate of drug-likeness (QED) is 0.130. The molecule has 0 saturated carbocycles. The van der Waals surface area contributed by atoms with E-state index in [1.165, 1.54) is 93.5 Å². The zero-order valence-corrected chi connectivity index (χ0v) is 20.7. The summed E-state index contributed by atoms with van der Waals surface area (Å²) >= 11 is 0. The van der Waals surface area contributed by atoms with Gasteiger partial charge >= 0.3 is 29.6 Å². The maximum absolute atomic E-state index is 12.4. The first-order chi connectivity index (χ1) is 15.7. The van der Waals surface area contributed by atoms with E-state index in [-0.39, 0.29) is 46.0 Å². The van der Waals surface area contributed by atoms with Gasteiger partial charge < -0.3 is 4.74 Å². The Labute approximate surface area is 226 Å². The molecule has 2 aromatic rings. The predicted molar refractivity (Wildman–Crippen MR) is 135 cm³/mol. The van der Waals surface area contributed by atoms with Gasteiger partial charge in [0.25, 0.3) is 20.2 Å². The number of benzene rings is 2. The van der Waals surface area contributed by atoms with Crippen molar-refractivity contribution in [1.82, 2.24) is 0 Å². The van der Waals surface area contributed by atoms with Gasteiger partial charge in [-0.25, -0.2) is 0 Å². The molecule has 0 aromatic heterocycles. The summed E-state index contributed by atoms with van der Waals surface area (Å²) in [6, 6.07) is 11.0. The summed E-state index contributed by atoms with van der Waals surface area (Å²) in [5.41, 5.74) is 0. The van der Waals surface area contributed by atoms with E-state index in [0.29, 0.717) is 17.9 Å². The average Bonchev–Trinajstić information content (AvgIpc) is 2.77. The molecule has 0 spiro atoms. The standard InChI is InChI=1S/C24H34O7S2.Na.H/c1-2-3-4-5-6-7-8-9-10-11-20-30-33(28,29)24-18-14-22(15-19-24)31-21-12-16-23(17-13-21)32(25,26)27;;/h12-19H,2-11,20H2,1H3,(H,25,26,27);;. The van der Waals surface area contributed by atoms with E-state index < -0.39 is 20.2 Å². The van der Waals surface area contributed by atoms with Crippen LogP contribution in [0.2, 0.25) is 0 Å². The summed E-state index contributed by atoms with van der Waals surface area (Å²) in [5, 5.41) is 0. The second-order valence-corrected chi connectivity index (χ2v) is 11.0. The van der Waals surface area contributed by atoms with Crippen molar-refractivity contribution in [3.05, 3.63) is 48.5 Å². The molecule has 0 bridgehead atoms. The Morgan fingerprint density at radius 1 is 0.647 bits per heavy atom. The van der Waals surface area contributed by atoms with Crippen LogP contribution in [-0.4, -0.2) is 57.6 Å². The van der Waals surface area contributed by atoms with E-state index >= 15 is 0 Å². The van der Waals surface area contributed by atoms with Crippen molar-refractivity contribution in [3.63, 3.8) is 0 Å². The Morgan fingerprint density at radius 3 is 1.50 bits per heavy atom. The number of hydrogen-bond acceptors (Lipinski definition) is 6. The van der Waals surface area contributed by atoms with Gasteiger partial charge in [0, 0.05) is 0 Å². The minimum atomic E-state index is -4.27. The summed E-state index contributed by atoms with van der Waals surface area (Å²) in [4.78, 5) is -0.195. The van der Waals surface area contributed by atoms with Crippen LogP contribution in [0, 0.1) is 0 Å². The Kier molecular flexibility index (Phi) is 14.6. The summed E-state index contributed by atoms with van der Waals surface area (Å²) in [5.74, 6) is 0.721. The molecule has 1 N–H and O–H groups in total. The molecule has 0 amide bonds. The van der Waals surface area contributed by atoms with Crippen LogP contribution < -0.4 is 4.74 Å². The molecule has 10 heteroatoms. The van der Waals surface area contributed by atoms with Crippen molar-refractivity contribution in [2.24, 2.45) is 0 Å². The number of ether oxygens (including phenoxy) is 1. The second-order valence-electron chi connectivity index (χ2n) is 7.98. The third-order valence-electron chi connectivity index (χ3n) is 5.21. The molecule has 2 aromatic carbocycles. The molecular formula is C24H35NaO7S2. The molecule has 0 heterocycles. The second kappa shape index (κ2) is 15.9. The van der Waals surface area contributed by atoms with E-state index in [9.17, 15) is 16.8 Å². The molecule has 0 fully saturated rings. The normalized spacial score (nSPS) is 11.7. The van der Waals surface area contributed by atoms with Crippen molar-refractivity contribution in [2.75, 3.05) is 6.61 Å². The summed E-state index contributed by atoms with van der Waals surface area (Å²) < 4.78 is 66.6. The molecule has 186 valence electrons. The number of unbranched alkanes of at least 4 members (excludes halogenated alkanes) is 9. The van der Waals surface area contributed by atoms with Crippen LogP contribution in [-0.2, 0) is 24.4 Å². The van der Waals surface area contributed by atoms with E-state index in [1.54, 1.807) is 0 Å². The van der Waals surface area contributed by atoms with Gasteiger partial charge in [0.2, 0.25) is 0 Å². The summed E-state index contributed by atoms with van der Waals surface area (Å²) in [6.07, 6.45) is 11.6. The van der Waals surface area contributed by atoms with Crippen molar-refractivity contribution in [2.45, 2.75) is 80.9 Å². The molecule has 0 unspecified atom stereocenters. The maximum atomic E-state index is 12.4. The van der Waals surface area contributed by atoms with Crippen molar-refractivity contribution < 1.29 is 30.3 Å². The Morgan fingerprint density at radius 2 is 1.06 bits per heavy atom. The molecule has 7 nitrogen and oxygen atoms in total. The molecule has 0 aliphatic carbocycles. The average molecular weight is 523 g/mol. The first kappa shape index (κ1) is 31.1. The van der Waals surface area contributed by atoms with Crippen LogP contribution in [0.4, 0.5) is 0 Å². The number of hydrogen-bond donors (Lipinski definition) is 1. The van der Waals surface area contributed by atoms with Gasteiger partial charge in [-0.2, -0.15) is 16.8 Å². The third-order valence-corrected chi connectivity index (χ3v) is 7.40. The first-order valence-corrected chi connectivity index (χ1v) is 14.3. The van der Waals surface area contributed by atoms with Crippen molar-refractivity contribution in [1.29, 1.82) is 0 Å². The summed E-state index contributed by atoms with van der Waals surface area (Å²) in [6.45, 7) is 2.38. The van der Waals surface area contributed by atoms with Crippen LogP contribution in [0.5, 0.6) is 11.5 Å².